The highest BCUT2D eigenvalue weighted by atomic mass is 127. The van der Waals surface area contributed by atoms with Gasteiger partial charge in [0.2, 0.25) is 0 Å². The molecule has 0 aliphatic heterocycles. The zero-order valence-electron chi connectivity index (χ0n) is 11.8. The van der Waals surface area contributed by atoms with Crippen molar-refractivity contribution >= 4 is 67.8 Å². The van der Waals surface area contributed by atoms with Crippen LogP contribution in [0.1, 0.15) is 40.0 Å². The van der Waals surface area contributed by atoms with Crippen molar-refractivity contribution in [1.82, 2.24) is 0 Å². The summed E-state index contributed by atoms with van der Waals surface area (Å²) in [6.45, 7) is 11.4. The lowest BCUT2D eigenvalue weighted by Gasteiger charge is -2.40. The lowest BCUT2D eigenvalue weighted by molar-refractivity contribution is 0.192. The summed E-state index contributed by atoms with van der Waals surface area (Å²) in [6, 6.07) is 0. The van der Waals surface area contributed by atoms with E-state index in [4.69, 9.17) is 0 Å². The van der Waals surface area contributed by atoms with Gasteiger partial charge >= 0.3 is 0 Å². The van der Waals surface area contributed by atoms with Crippen LogP contribution in [-0.4, -0.2) is 1.43 Å². The molecule has 2 unspecified atom stereocenters. The molecule has 3 heteroatoms. The molecule has 0 spiro atoms. The normalized spacial score (nSPS) is 35.6. The lowest BCUT2D eigenvalue weighted by Crippen LogP contribution is -2.33. The lowest BCUT2D eigenvalue weighted by atomic mass is 9.70. The van der Waals surface area contributed by atoms with Crippen LogP contribution < -0.4 is 0 Å². The molecule has 0 aromatic carbocycles. The second kappa shape index (κ2) is 5.89. The molecule has 2 rings (SSSR count). The van der Waals surface area contributed by atoms with Crippen LogP contribution in [0.4, 0.5) is 0 Å². The number of rotatable bonds is 1. The van der Waals surface area contributed by atoms with E-state index in [1.807, 2.05) is 0 Å². The smallest absolute Gasteiger partial charge is 0.0738 e. The second-order valence-electron chi connectivity index (χ2n) is 6.29. The van der Waals surface area contributed by atoms with Gasteiger partial charge in [-0.25, -0.2) is 0 Å². The topological polar surface area (TPSA) is 0 Å². The van der Waals surface area contributed by atoms with Crippen molar-refractivity contribution in [2.75, 3.05) is 0 Å². The predicted octanol–water partition coefficient (Wildman–Crippen LogP) is 6.83. The number of hydrogen-bond donors (Lipinski definition) is 0. The van der Waals surface area contributed by atoms with Crippen molar-refractivity contribution in [3.05, 3.63) is 33.5 Å². The maximum atomic E-state index is 4.45. The van der Waals surface area contributed by atoms with Crippen LogP contribution in [0.2, 0.25) is 0 Å². The number of fused-ring (bicyclic) bond motifs is 1. The molecule has 0 aromatic rings. The molecule has 0 saturated heterocycles. The van der Waals surface area contributed by atoms with Crippen LogP contribution >= 0.6 is 67.8 Å². The average molecular weight is 594 g/mol. The van der Waals surface area contributed by atoms with Crippen LogP contribution in [0.5, 0.6) is 0 Å². The Morgan fingerprint density at radius 2 is 2.00 bits per heavy atom. The fourth-order valence-electron chi connectivity index (χ4n) is 3.62. The molecular weight excluding hydrogens is 573 g/mol. The third kappa shape index (κ3) is 3.27. The van der Waals surface area contributed by atoms with Crippen LogP contribution in [0, 0.1) is 17.3 Å². The minimum Gasteiger partial charge on any atom is -0.0952 e. The van der Waals surface area contributed by atoms with Crippen LogP contribution in [0.3, 0.4) is 0 Å². The largest absolute Gasteiger partial charge is 0.0952 e. The second-order valence-corrected chi connectivity index (χ2v) is 13.7. The molecule has 2 atom stereocenters. The Morgan fingerprint density at radius 1 is 1.37 bits per heavy atom. The van der Waals surface area contributed by atoms with E-state index in [9.17, 15) is 0 Å². The summed E-state index contributed by atoms with van der Waals surface area (Å²) in [5.41, 5.74) is 3.17. The summed E-state index contributed by atoms with van der Waals surface area (Å²) in [5.74, 6) is 1.47. The quantitative estimate of drug-likeness (QED) is 0.231. The number of allylic oxidation sites excluding steroid dienone is 5. The first-order chi connectivity index (χ1) is 8.69. The van der Waals surface area contributed by atoms with Gasteiger partial charge in [-0.1, -0.05) is 71.7 Å². The highest BCUT2D eigenvalue weighted by Crippen LogP contribution is 2.62. The monoisotopic (exact) mass is 594 g/mol. The SMILES string of the molecule is C=C1/C(=C\C(I)=C/C)C(C)(C)C2CC(I)(I)CCC12. The Labute approximate surface area is 158 Å². The summed E-state index contributed by atoms with van der Waals surface area (Å²) in [4.78, 5) is 0. The van der Waals surface area contributed by atoms with Crippen molar-refractivity contribution < 1.29 is 0 Å². The third-order valence-electron chi connectivity index (χ3n) is 4.80. The molecular formula is C16H21I3. The standard InChI is InChI=1S/C16H21I3/c1-5-11(17)8-13-10(2)12-6-7-16(18,19)9-14(12)15(13,3)4/h5,8,12,14H,2,6-7,9H2,1,3-4H3/b11-5+,13-8+. The highest BCUT2D eigenvalue weighted by Gasteiger charge is 2.52. The predicted molar refractivity (Wildman–Crippen MR) is 110 cm³/mol. The van der Waals surface area contributed by atoms with Gasteiger partial charge in [0.15, 0.2) is 0 Å². The first-order valence-corrected chi connectivity index (χ1v) is 10.0. The zero-order chi connectivity index (χ0) is 14.4. The maximum Gasteiger partial charge on any atom is 0.0738 e. The first kappa shape index (κ1) is 16.8. The summed E-state index contributed by atoms with van der Waals surface area (Å²) < 4.78 is 1.77. The van der Waals surface area contributed by atoms with E-state index in [-0.39, 0.29) is 5.41 Å². The van der Waals surface area contributed by atoms with E-state index < -0.39 is 0 Å². The molecule has 2 fully saturated rings. The molecule has 0 N–H and O–H groups in total. The molecule has 0 heterocycles. The zero-order valence-corrected chi connectivity index (χ0v) is 18.2. The fraction of sp³-hybridized carbons (Fsp3) is 0.625. The maximum absolute atomic E-state index is 4.45. The van der Waals surface area contributed by atoms with Gasteiger partial charge in [0, 0.05) is 3.58 Å². The van der Waals surface area contributed by atoms with Crippen molar-refractivity contribution in [3.63, 3.8) is 0 Å². The molecule has 19 heavy (non-hydrogen) atoms. The van der Waals surface area contributed by atoms with Crippen molar-refractivity contribution in [2.45, 2.75) is 41.5 Å². The van der Waals surface area contributed by atoms with E-state index in [0.29, 0.717) is 7.35 Å². The van der Waals surface area contributed by atoms with E-state index in [0.717, 1.165) is 5.92 Å². The van der Waals surface area contributed by atoms with Crippen LogP contribution in [0.25, 0.3) is 0 Å². The number of alkyl halides is 2. The molecule has 2 aliphatic rings. The van der Waals surface area contributed by atoms with Crippen molar-refractivity contribution in [2.24, 2.45) is 17.3 Å². The molecule has 2 aliphatic carbocycles. The van der Waals surface area contributed by atoms with Gasteiger partial charge in [-0.05, 0) is 83.3 Å². The summed E-state index contributed by atoms with van der Waals surface area (Å²) >= 11 is 7.73. The molecule has 0 aromatic heterocycles. The Bertz CT molecular complexity index is 455. The highest BCUT2D eigenvalue weighted by molar-refractivity contribution is 14.2. The van der Waals surface area contributed by atoms with Gasteiger partial charge in [0.25, 0.3) is 0 Å². The van der Waals surface area contributed by atoms with Gasteiger partial charge in [0.1, 0.15) is 0 Å². The first-order valence-electron chi connectivity index (χ1n) is 6.80. The Kier molecular flexibility index (Phi) is 5.20. The van der Waals surface area contributed by atoms with E-state index >= 15 is 0 Å². The Balaban J connectivity index is 2.41. The number of hydrogen-bond acceptors (Lipinski definition) is 0. The summed E-state index contributed by atoms with van der Waals surface area (Å²) in [5, 5.41) is 0. The van der Waals surface area contributed by atoms with Gasteiger partial charge in [-0.15, -0.1) is 0 Å². The summed E-state index contributed by atoms with van der Waals surface area (Å²) in [7, 11) is 0. The summed E-state index contributed by atoms with van der Waals surface area (Å²) in [6.07, 6.45) is 8.48. The van der Waals surface area contributed by atoms with Gasteiger partial charge in [0.05, 0.1) is 1.43 Å². The average Bonchev–Trinajstić information content (AvgIpc) is 2.49. The van der Waals surface area contributed by atoms with Crippen LogP contribution in [0.15, 0.2) is 33.5 Å². The Hall–Kier alpha value is 1.41. The number of halogens is 3. The fourth-order valence-corrected chi connectivity index (χ4v) is 5.51. The third-order valence-corrected chi connectivity index (χ3v) is 7.69. The minimum absolute atomic E-state index is 0.267. The van der Waals surface area contributed by atoms with Gasteiger partial charge < -0.3 is 0 Å². The molecule has 106 valence electrons. The van der Waals surface area contributed by atoms with Gasteiger partial charge in [-0.3, -0.25) is 0 Å². The van der Waals surface area contributed by atoms with Gasteiger partial charge in [-0.2, -0.15) is 0 Å². The molecule has 0 nitrogen and oxygen atoms in total. The Morgan fingerprint density at radius 3 is 2.58 bits per heavy atom. The molecule has 0 bridgehead atoms. The molecule has 0 radical (unpaired) electrons. The van der Waals surface area contributed by atoms with Crippen molar-refractivity contribution in [3.8, 4) is 0 Å². The molecule has 0 amide bonds. The van der Waals surface area contributed by atoms with Crippen LogP contribution in [-0.2, 0) is 0 Å². The molecule has 2 saturated carbocycles. The van der Waals surface area contributed by atoms with Crippen molar-refractivity contribution in [1.29, 1.82) is 0 Å². The van der Waals surface area contributed by atoms with E-state index in [1.54, 1.807) is 0 Å². The van der Waals surface area contributed by atoms with E-state index in [1.165, 1.54) is 34.0 Å². The van der Waals surface area contributed by atoms with E-state index in [2.05, 4.69) is 107 Å². The minimum atomic E-state index is 0.267.